The molecule has 1 N–H and O–H groups in total. The fraction of sp³-hybridized carbons (Fsp3) is 0.591. The third-order valence-corrected chi connectivity index (χ3v) is 7.19. The van der Waals surface area contributed by atoms with Gasteiger partial charge in [0.15, 0.2) is 6.61 Å². The molecule has 2 saturated carbocycles. The first-order valence-corrected chi connectivity index (χ1v) is 11.5. The van der Waals surface area contributed by atoms with Crippen LogP contribution in [0.1, 0.15) is 56.2 Å². The quantitative estimate of drug-likeness (QED) is 0.542. The topological polar surface area (TPSA) is 95.7 Å². The van der Waals surface area contributed by atoms with Crippen LogP contribution >= 0.6 is 11.6 Å². The van der Waals surface area contributed by atoms with E-state index >= 15 is 0 Å². The first-order chi connectivity index (χ1) is 16.5. The summed E-state index contributed by atoms with van der Waals surface area (Å²) in [5, 5.41) is 11.1. The number of carbonyl (C=O) groups excluding carboxylic acids is 1. The van der Waals surface area contributed by atoms with Gasteiger partial charge in [-0.15, -0.1) is 23.4 Å². The van der Waals surface area contributed by atoms with Crippen molar-refractivity contribution < 1.29 is 41.0 Å². The molecule has 4 aliphatic rings. The van der Waals surface area contributed by atoms with E-state index in [1.54, 1.807) is 0 Å². The summed E-state index contributed by atoms with van der Waals surface area (Å²) in [7, 11) is 0. The van der Waals surface area contributed by atoms with E-state index in [4.69, 9.17) is 25.5 Å². The lowest BCUT2D eigenvalue weighted by Crippen LogP contribution is -2.62. The van der Waals surface area contributed by atoms with Crippen molar-refractivity contribution in [2.24, 2.45) is 0 Å². The molecule has 0 unspecified atom stereocenters. The predicted molar refractivity (Wildman–Crippen MR) is 111 cm³/mol. The summed E-state index contributed by atoms with van der Waals surface area (Å²) in [6.07, 6.45) is -2.96. The summed E-state index contributed by atoms with van der Waals surface area (Å²) in [4.78, 5) is 12.5. The van der Waals surface area contributed by atoms with Gasteiger partial charge in [0.2, 0.25) is 11.8 Å². The second-order valence-electron chi connectivity index (χ2n) is 9.28. The maximum Gasteiger partial charge on any atom is 0.522 e. The Kier molecular flexibility index (Phi) is 6.17. The van der Waals surface area contributed by atoms with E-state index in [0.29, 0.717) is 31.6 Å². The molecule has 0 spiro atoms. The van der Waals surface area contributed by atoms with Crippen LogP contribution in [0.4, 0.5) is 17.6 Å². The number of nitrogens with one attached hydrogen (secondary N) is 1. The number of hydrogen-bond donors (Lipinski definition) is 1. The van der Waals surface area contributed by atoms with E-state index in [2.05, 4.69) is 20.3 Å². The third kappa shape index (κ3) is 5.10. The average Bonchev–Trinajstić information content (AvgIpc) is 3.28. The molecule has 190 valence electrons. The first kappa shape index (κ1) is 24.3. The Hall–Kier alpha value is -2.44. The lowest BCUT2D eigenvalue weighted by Gasteiger charge is -2.51. The summed E-state index contributed by atoms with van der Waals surface area (Å²) >= 11 is 5.64. The van der Waals surface area contributed by atoms with Crippen molar-refractivity contribution in [2.45, 2.75) is 68.0 Å². The second kappa shape index (κ2) is 8.90. The van der Waals surface area contributed by atoms with Gasteiger partial charge in [-0.05, 0) is 50.7 Å². The zero-order valence-electron chi connectivity index (χ0n) is 18.4. The molecule has 4 fully saturated rings. The smallest absolute Gasteiger partial charge is 0.484 e. The lowest BCUT2D eigenvalue weighted by atomic mass is 9.71. The lowest BCUT2D eigenvalue weighted by molar-refractivity contribution is -0.352. The molecule has 2 aromatic rings. The Bertz CT molecular complexity index is 1080. The molecule has 2 saturated heterocycles. The molecular weight excluding hydrogens is 498 g/mol. The normalized spacial score (nSPS) is 30.1. The van der Waals surface area contributed by atoms with Crippen molar-refractivity contribution in [3.63, 3.8) is 0 Å². The Morgan fingerprint density at radius 2 is 1.94 bits per heavy atom. The highest BCUT2D eigenvalue weighted by Crippen LogP contribution is 2.50. The number of rotatable bonds is 7. The van der Waals surface area contributed by atoms with Crippen LogP contribution in [0.25, 0.3) is 0 Å². The van der Waals surface area contributed by atoms with Crippen molar-refractivity contribution in [1.82, 2.24) is 15.5 Å². The largest absolute Gasteiger partial charge is 0.522 e. The van der Waals surface area contributed by atoms with Gasteiger partial charge < -0.3 is 19.2 Å². The minimum atomic E-state index is -4.66. The number of fused-ring (bicyclic) bond motifs is 3. The van der Waals surface area contributed by atoms with Crippen LogP contribution in [-0.4, -0.2) is 47.3 Å². The summed E-state index contributed by atoms with van der Waals surface area (Å²) < 4.78 is 71.8. The summed E-state index contributed by atoms with van der Waals surface area (Å²) in [5.74, 6) is -0.494. The molecule has 3 heterocycles. The number of ether oxygens (including phenoxy) is 3. The number of nitrogens with zero attached hydrogens (tertiary/aromatic N) is 2. The Morgan fingerprint density at radius 1 is 1.20 bits per heavy atom. The zero-order valence-corrected chi connectivity index (χ0v) is 19.1. The molecule has 2 aliphatic carbocycles. The van der Waals surface area contributed by atoms with Gasteiger partial charge in [0.05, 0.1) is 23.3 Å². The highest BCUT2D eigenvalue weighted by atomic mass is 35.5. The second-order valence-corrected chi connectivity index (χ2v) is 9.68. The molecule has 2 aliphatic heterocycles. The number of halogens is 5. The molecule has 1 aromatic carbocycles. The molecule has 35 heavy (non-hydrogen) atoms. The van der Waals surface area contributed by atoms with Crippen LogP contribution in [0, 0.1) is 5.82 Å². The monoisotopic (exact) mass is 519 g/mol. The average molecular weight is 520 g/mol. The van der Waals surface area contributed by atoms with E-state index in [-0.39, 0.29) is 54.5 Å². The number of benzene rings is 1. The summed E-state index contributed by atoms with van der Waals surface area (Å²) in [6.45, 7) is -0.0572. The van der Waals surface area contributed by atoms with E-state index < -0.39 is 29.4 Å². The van der Waals surface area contributed by atoms with Crippen LogP contribution in [-0.2, 0) is 19.9 Å². The van der Waals surface area contributed by atoms with Gasteiger partial charge in [-0.25, -0.2) is 4.39 Å². The van der Waals surface area contributed by atoms with Gasteiger partial charge >= 0.3 is 6.36 Å². The predicted octanol–water partition coefficient (Wildman–Crippen LogP) is 4.38. The Morgan fingerprint density at radius 3 is 2.57 bits per heavy atom. The van der Waals surface area contributed by atoms with Gasteiger partial charge in [0, 0.05) is 12.0 Å². The van der Waals surface area contributed by atoms with Crippen LogP contribution in [0.3, 0.4) is 0 Å². The molecule has 6 rings (SSSR count). The van der Waals surface area contributed by atoms with Gasteiger partial charge in [0.1, 0.15) is 17.2 Å². The molecule has 1 amide bonds. The highest BCUT2D eigenvalue weighted by molar-refractivity contribution is 6.30. The maximum atomic E-state index is 13.5. The van der Waals surface area contributed by atoms with Crippen LogP contribution in [0.5, 0.6) is 5.75 Å². The third-order valence-electron chi connectivity index (χ3n) is 6.88. The van der Waals surface area contributed by atoms with E-state index in [0.717, 1.165) is 6.07 Å². The minimum absolute atomic E-state index is 0.0357. The number of carbonyl (C=O) groups is 1. The van der Waals surface area contributed by atoms with Crippen LogP contribution in [0.2, 0.25) is 5.02 Å². The first-order valence-electron chi connectivity index (χ1n) is 11.2. The van der Waals surface area contributed by atoms with Crippen molar-refractivity contribution in [3.05, 3.63) is 40.8 Å². The zero-order chi connectivity index (χ0) is 24.8. The van der Waals surface area contributed by atoms with Gasteiger partial charge in [-0.2, -0.15) is 0 Å². The molecule has 0 radical (unpaired) electrons. The fourth-order valence-corrected chi connectivity index (χ4v) is 4.94. The van der Waals surface area contributed by atoms with Crippen molar-refractivity contribution in [3.8, 4) is 5.75 Å². The SMILES string of the molecule is O=C(COc1ccc(Cl)c(F)c1)NC12CCC(c3nnc([C@H]4C[C@@H](OC(F)(F)F)C4)o3)(CC1)OC2. The molecule has 2 bridgehead atoms. The van der Waals surface area contributed by atoms with Crippen molar-refractivity contribution in [2.75, 3.05) is 13.2 Å². The van der Waals surface area contributed by atoms with Crippen LogP contribution in [0.15, 0.2) is 22.6 Å². The van der Waals surface area contributed by atoms with Crippen molar-refractivity contribution >= 4 is 17.5 Å². The van der Waals surface area contributed by atoms with E-state index in [1.165, 1.54) is 12.1 Å². The van der Waals surface area contributed by atoms with Gasteiger partial charge in [-0.3, -0.25) is 9.53 Å². The number of aromatic nitrogens is 2. The Balaban J connectivity index is 1.13. The molecule has 0 atom stereocenters. The van der Waals surface area contributed by atoms with Gasteiger partial charge in [0.25, 0.3) is 5.91 Å². The maximum absolute atomic E-state index is 13.5. The van der Waals surface area contributed by atoms with E-state index in [1.807, 2.05) is 0 Å². The van der Waals surface area contributed by atoms with E-state index in [9.17, 15) is 22.4 Å². The Labute approximate surface area is 202 Å². The minimum Gasteiger partial charge on any atom is -0.484 e. The fourth-order valence-electron chi connectivity index (χ4n) is 4.82. The molecule has 13 heteroatoms. The summed E-state index contributed by atoms with van der Waals surface area (Å²) in [6, 6.07) is 3.93. The summed E-state index contributed by atoms with van der Waals surface area (Å²) in [5.41, 5.74) is -1.34. The van der Waals surface area contributed by atoms with Crippen LogP contribution < -0.4 is 10.1 Å². The molecular formula is C22H22ClF4N3O5. The van der Waals surface area contributed by atoms with Gasteiger partial charge in [-0.1, -0.05) is 11.6 Å². The van der Waals surface area contributed by atoms with Crippen molar-refractivity contribution in [1.29, 1.82) is 0 Å². The standard InChI is InChI=1S/C22H22ClF4N3O5/c23-15-2-1-13(9-16(15)24)32-10-17(31)28-20-3-5-21(6-4-20,33-11-20)19-30-29-18(34-19)12-7-14(8-12)35-22(25,26)27/h1-2,9,12,14H,3-8,10-11H2,(H,28,31)/t12-,14+,20?,21?. The highest BCUT2D eigenvalue weighted by Gasteiger charge is 2.54. The number of alkyl halides is 3. The number of hydrogen-bond acceptors (Lipinski definition) is 7. The molecule has 1 aromatic heterocycles. The molecule has 8 nitrogen and oxygen atoms in total. The number of amides is 1.